The Morgan fingerprint density at radius 2 is 1.73 bits per heavy atom. The first-order valence-corrected chi connectivity index (χ1v) is 14.3. The van der Waals surface area contributed by atoms with Crippen molar-refractivity contribution in [2.45, 2.75) is 56.5 Å². The lowest BCUT2D eigenvalue weighted by Gasteiger charge is -2.57. The van der Waals surface area contributed by atoms with Crippen LogP contribution in [0.4, 0.5) is 4.39 Å². The maximum Gasteiger partial charge on any atom is 0.244 e. The van der Waals surface area contributed by atoms with Crippen LogP contribution >= 0.6 is 0 Å². The molecule has 1 aromatic heterocycles. The van der Waals surface area contributed by atoms with Gasteiger partial charge in [0.05, 0.1) is 12.3 Å². The summed E-state index contributed by atoms with van der Waals surface area (Å²) in [5, 5.41) is 10.3. The van der Waals surface area contributed by atoms with Gasteiger partial charge in [-0.05, 0) is 80.1 Å². The average Bonchev–Trinajstić information content (AvgIpc) is 2.85. The van der Waals surface area contributed by atoms with E-state index in [0.29, 0.717) is 13.1 Å². The van der Waals surface area contributed by atoms with E-state index in [4.69, 9.17) is 0 Å². The van der Waals surface area contributed by atoms with Gasteiger partial charge in [0.25, 0.3) is 0 Å². The number of hydrogen-bond acceptors (Lipinski definition) is 5. The number of aliphatic hydroxyl groups is 1. The monoisotopic (exact) mass is 523 g/mol. The quantitative estimate of drug-likeness (QED) is 0.501. The molecule has 2 aromatic carbocycles. The standard InChI is InChI=1S/C29H34FN3O3S/c1-19-7-6-8-24(20(19)2)22-9-11-23(12-10-22)29-25-17-32(15-4-5-16-33(25)26(29)18-34)37(35,36)27-13-14-28(30)31-21(27)3/h6-14,25-26,29,34H,4-5,15-18H2,1-3H3/t25?,26-,29+/m1/s1. The number of halogens is 1. The molecule has 3 aromatic rings. The van der Waals surface area contributed by atoms with Crippen molar-refractivity contribution in [3.63, 3.8) is 0 Å². The highest BCUT2D eigenvalue weighted by Gasteiger charge is 2.50. The largest absolute Gasteiger partial charge is 0.395 e. The van der Waals surface area contributed by atoms with Crippen molar-refractivity contribution in [1.29, 1.82) is 0 Å². The molecule has 0 saturated carbocycles. The van der Waals surface area contributed by atoms with Gasteiger partial charge in [0.2, 0.25) is 16.0 Å². The van der Waals surface area contributed by atoms with Gasteiger partial charge in [0, 0.05) is 31.1 Å². The van der Waals surface area contributed by atoms with Crippen molar-refractivity contribution in [3.05, 3.63) is 82.9 Å². The second kappa shape index (κ2) is 10.3. The number of sulfonamides is 1. The van der Waals surface area contributed by atoms with Gasteiger partial charge in [-0.15, -0.1) is 0 Å². The molecule has 37 heavy (non-hydrogen) atoms. The normalized spacial score (nSPS) is 23.1. The summed E-state index contributed by atoms with van der Waals surface area (Å²) in [4.78, 5) is 6.04. The van der Waals surface area contributed by atoms with Gasteiger partial charge >= 0.3 is 0 Å². The van der Waals surface area contributed by atoms with E-state index in [1.807, 2.05) is 0 Å². The highest BCUT2D eigenvalue weighted by Crippen LogP contribution is 2.43. The van der Waals surface area contributed by atoms with E-state index in [0.717, 1.165) is 36.6 Å². The molecule has 0 spiro atoms. The van der Waals surface area contributed by atoms with Gasteiger partial charge < -0.3 is 5.11 Å². The Kier molecular flexibility index (Phi) is 7.20. The number of nitrogens with zero attached hydrogens (tertiary/aromatic N) is 3. The molecular weight excluding hydrogens is 489 g/mol. The molecular formula is C29H34FN3O3S. The van der Waals surface area contributed by atoms with E-state index in [2.05, 4.69) is 66.2 Å². The summed E-state index contributed by atoms with van der Waals surface area (Å²) < 4.78 is 42.3. The molecule has 0 amide bonds. The molecule has 2 aliphatic rings. The summed E-state index contributed by atoms with van der Waals surface area (Å²) in [5.74, 6) is -0.676. The Hall–Kier alpha value is -2.65. The summed E-state index contributed by atoms with van der Waals surface area (Å²) >= 11 is 0. The van der Waals surface area contributed by atoms with Gasteiger partial charge in [-0.3, -0.25) is 4.90 Å². The van der Waals surface area contributed by atoms with Crippen LogP contribution < -0.4 is 0 Å². The van der Waals surface area contributed by atoms with Crippen LogP contribution in [0.15, 0.2) is 59.5 Å². The van der Waals surface area contributed by atoms with Crippen LogP contribution in [0.1, 0.15) is 41.1 Å². The molecule has 8 heteroatoms. The molecule has 2 fully saturated rings. The highest BCUT2D eigenvalue weighted by atomic mass is 32.2. The van der Waals surface area contributed by atoms with Crippen molar-refractivity contribution in [1.82, 2.24) is 14.2 Å². The number of aromatic nitrogens is 1. The van der Waals surface area contributed by atoms with Gasteiger partial charge in [0.1, 0.15) is 4.90 Å². The molecule has 2 saturated heterocycles. The van der Waals surface area contributed by atoms with Crippen LogP contribution in [0, 0.1) is 26.7 Å². The molecule has 0 radical (unpaired) electrons. The minimum Gasteiger partial charge on any atom is -0.395 e. The molecule has 196 valence electrons. The third-order valence-corrected chi connectivity index (χ3v) is 10.2. The number of aliphatic hydroxyl groups excluding tert-OH is 1. The molecule has 3 atom stereocenters. The second-order valence-corrected chi connectivity index (χ2v) is 12.1. The Morgan fingerprint density at radius 3 is 2.43 bits per heavy atom. The smallest absolute Gasteiger partial charge is 0.244 e. The number of fused-ring (bicyclic) bond motifs is 1. The fourth-order valence-corrected chi connectivity index (χ4v) is 7.66. The van der Waals surface area contributed by atoms with Gasteiger partial charge in [-0.1, -0.05) is 42.5 Å². The lowest BCUT2D eigenvalue weighted by molar-refractivity contribution is -0.0553. The van der Waals surface area contributed by atoms with Crippen molar-refractivity contribution >= 4 is 10.0 Å². The predicted molar refractivity (Wildman–Crippen MR) is 142 cm³/mol. The van der Waals surface area contributed by atoms with E-state index in [9.17, 15) is 17.9 Å². The topological polar surface area (TPSA) is 73.7 Å². The molecule has 3 heterocycles. The Balaban J connectivity index is 1.44. The average molecular weight is 524 g/mol. The highest BCUT2D eigenvalue weighted by molar-refractivity contribution is 7.89. The van der Waals surface area contributed by atoms with Crippen LogP contribution in [-0.2, 0) is 10.0 Å². The molecule has 1 N–H and O–H groups in total. The first kappa shape index (κ1) is 26.0. The van der Waals surface area contributed by atoms with Crippen LogP contribution in [0.3, 0.4) is 0 Å². The number of hydrogen-bond donors (Lipinski definition) is 1. The minimum absolute atomic E-state index is 0.0147. The summed E-state index contributed by atoms with van der Waals surface area (Å²) in [6, 6.07) is 17.1. The maximum absolute atomic E-state index is 13.6. The zero-order valence-corrected chi connectivity index (χ0v) is 22.4. The molecule has 1 unspecified atom stereocenters. The van der Waals surface area contributed by atoms with E-state index >= 15 is 0 Å². The Bertz CT molecular complexity index is 1390. The fourth-order valence-electron chi connectivity index (χ4n) is 6.01. The third kappa shape index (κ3) is 4.72. The third-order valence-electron chi connectivity index (χ3n) is 8.17. The maximum atomic E-state index is 13.6. The van der Waals surface area contributed by atoms with Crippen molar-refractivity contribution in [2.24, 2.45) is 0 Å². The van der Waals surface area contributed by atoms with Crippen molar-refractivity contribution in [3.8, 4) is 11.1 Å². The van der Waals surface area contributed by atoms with E-state index in [-0.39, 0.29) is 35.2 Å². The Morgan fingerprint density at radius 1 is 1.00 bits per heavy atom. The van der Waals surface area contributed by atoms with Crippen molar-refractivity contribution < 1.29 is 17.9 Å². The molecule has 0 aliphatic carbocycles. The number of benzene rings is 2. The van der Waals surface area contributed by atoms with Crippen molar-refractivity contribution in [2.75, 3.05) is 26.2 Å². The lowest BCUT2D eigenvalue weighted by atomic mass is 9.74. The number of rotatable bonds is 5. The fraction of sp³-hybridized carbons (Fsp3) is 0.414. The van der Waals surface area contributed by atoms with Gasteiger partial charge in [-0.25, -0.2) is 13.4 Å². The molecule has 0 bridgehead atoms. The van der Waals surface area contributed by atoms with E-state index < -0.39 is 16.0 Å². The second-order valence-electron chi connectivity index (χ2n) is 10.2. The van der Waals surface area contributed by atoms with Crippen LogP contribution in [0.5, 0.6) is 0 Å². The zero-order valence-electron chi connectivity index (χ0n) is 21.6. The molecule has 2 aliphatic heterocycles. The molecule has 5 rings (SSSR count). The predicted octanol–water partition coefficient (Wildman–Crippen LogP) is 4.43. The lowest BCUT2D eigenvalue weighted by Crippen LogP contribution is -2.67. The van der Waals surface area contributed by atoms with Gasteiger partial charge in [0.15, 0.2) is 0 Å². The summed E-state index contributed by atoms with van der Waals surface area (Å²) in [6.07, 6.45) is 1.57. The van der Waals surface area contributed by atoms with Crippen LogP contribution in [-0.4, -0.2) is 66.0 Å². The van der Waals surface area contributed by atoms with Gasteiger partial charge in [-0.2, -0.15) is 8.70 Å². The number of pyridine rings is 1. The number of aryl methyl sites for hydroxylation is 2. The van der Waals surface area contributed by atoms with E-state index in [1.54, 1.807) is 0 Å². The zero-order chi connectivity index (χ0) is 26.3. The molecule has 6 nitrogen and oxygen atoms in total. The Labute approximate surface area is 218 Å². The first-order chi connectivity index (χ1) is 17.7. The summed E-state index contributed by atoms with van der Waals surface area (Å²) in [6.45, 7) is 7.35. The first-order valence-electron chi connectivity index (χ1n) is 12.9. The summed E-state index contributed by atoms with van der Waals surface area (Å²) in [5.41, 5.74) is 6.12. The van der Waals surface area contributed by atoms with Crippen LogP contribution in [0.2, 0.25) is 0 Å². The summed E-state index contributed by atoms with van der Waals surface area (Å²) in [7, 11) is -3.84. The van der Waals surface area contributed by atoms with Crippen LogP contribution in [0.25, 0.3) is 11.1 Å². The van der Waals surface area contributed by atoms with E-state index in [1.165, 1.54) is 34.0 Å². The SMILES string of the molecule is Cc1cccc(-c2ccc([C@H]3C4CN(S(=O)(=O)c5ccc(F)nc5C)CCCCN4[C@@H]3CO)cc2)c1C. The minimum atomic E-state index is -3.84.